The van der Waals surface area contributed by atoms with Crippen LogP contribution in [-0.4, -0.2) is 42.3 Å². The van der Waals surface area contributed by atoms with Crippen molar-refractivity contribution in [1.82, 2.24) is 10.8 Å². The highest BCUT2D eigenvalue weighted by Gasteiger charge is 2.43. The van der Waals surface area contributed by atoms with Crippen LogP contribution in [0.4, 0.5) is 4.79 Å². The highest BCUT2D eigenvalue weighted by molar-refractivity contribution is 5.81. The summed E-state index contributed by atoms with van der Waals surface area (Å²) in [4.78, 5) is 39.6. The number of carbonyl (C=O) groups is 3. The lowest BCUT2D eigenvalue weighted by molar-refractivity contribution is -0.159. The normalized spacial score (nSPS) is 19.6. The van der Waals surface area contributed by atoms with E-state index in [-0.39, 0.29) is 30.3 Å². The van der Waals surface area contributed by atoms with Crippen LogP contribution < -0.4 is 10.8 Å². The lowest BCUT2D eigenvalue weighted by Gasteiger charge is -2.14. The summed E-state index contributed by atoms with van der Waals surface area (Å²) in [5.41, 5.74) is 6.78. The number of hydrogen-bond acceptors (Lipinski definition) is 5. The van der Waals surface area contributed by atoms with Crippen molar-refractivity contribution in [2.45, 2.75) is 25.4 Å². The summed E-state index contributed by atoms with van der Waals surface area (Å²) >= 11 is 0. The quantitative estimate of drug-likeness (QED) is 0.562. The third-order valence-corrected chi connectivity index (χ3v) is 5.80. The topological polar surface area (TPSA) is 114 Å². The first-order valence-corrected chi connectivity index (χ1v) is 10.2. The van der Waals surface area contributed by atoms with Gasteiger partial charge in [-0.05, 0) is 41.5 Å². The van der Waals surface area contributed by atoms with Gasteiger partial charge in [0, 0.05) is 18.4 Å². The maximum Gasteiger partial charge on any atom is 0.407 e. The zero-order valence-electron chi connectivity index (χ0n) is 17.0. The molecule has 4 rings (SSSR count). The second-order valence-corrected chi connectivity index (χ2v) is 7.87. The molecule has 2 aromatic rings. The third-order valence-electron chi connectivity index (χ3n) is 5.80. The monoisotopic (exact) mass is 424 g/mol. The fraction of sp³-hybridized carbons (Fsp3) is 0.348. The molecule has 2 aliphatic carbocycles. The molecule has 3 N–H and O–H groups in total. The number of benzene rings is 2. The summed E-state index contributed by atoms with van der Waals surface area (Å²) in [6, 6.07) is 16.2. The number of alkyl carbamates (subject to hydrolysis) is 1. The number of hydroxylamine groups is 1. The number of nitrogens with one attached hydrogen (secondary N) is 2. The Labute approximate surface area is 179 Å². The Balaban J connectivity index is 1.23. The molecule has 1 saturated carbocycles. The molecule has 162 valence electrons. The minimum atomic E-state index is -1.16. The Morgan fingerprint density at radius 2 is 1.68 bits per heavy atom. The molecule has 0 spiro atoms. The standard InChI is InChI=1S/C23H24N2O6/c1-13(22(27)28)31-25-21(26)19-10-14(19)11-24-23(29)30-12-20-17-8-4-2-6-15(17)16-7-3-5-9-18(16)20/h2-9,13-14,19-20H,10-12H2,1H3,(H,24,29)(H,25,26)(H,27,28). The van der Waals surface area contributed by atoms with Crippen molar-refractivity contribution < 1.29 is 29.1 Å². The van der Waals surface area contributed by atoms with Gasteiger partial charge in [0.2, 0.25) is 5.91 Å². The van der Waals surface area contributed by atoms with Crippen LogP contribution in [0.15, 0.2) is 48.5 Å². The fourth-order valence-corrected chi connectivity index (χ4v) is 3.93. The van der Waals surface area contributed by atoms with Gasteiger partial charge in [0.25, 0.3) is 0 Å². The summed E-state index contributed by atoms with van der Waals surface area (Å²) in [5.74, 6) is -1.89. The van der Waals surface area contributed by atoms with E-state index in [2.05, 4.69) is 35.1 Å². The van der Waals surface area contributed by atoms with Gasteiger partial charge >= 0.3 is 12.1 Å². The van der Waals surface area contributed by atoms with Gasteiger partial charge < -0.3 is 15.2 Å². The molecular formula is C23H24N2O6. The van der Waals surface area contributed by atoms with Gasteiger partial charge in [-0.3, -0.25) is 9.63 Å². The summed E-state index contributed by atoms with van der Waals surface area (Å²) in [7, 11) is 0. The minimum absolute atomic E-state index is 0.00836. The maximum atomic E-state index is 12.2. The van der Waals surface area contributed by atoms with Crippen molar-refractivity contribution in [2.24, 2.45) is 11.8 Å². The molecule has 8 heteroatoms. The Bertz CT molecular complexity index is 962. The van der Waals surface area contributed by atoms with Crippen molar-refractivity contribution in [3.8, 4) is 11.1 Å². The van der Waals surface area contributed by atoms with Gasteiger partial charge in [0.1, 0.15) is 6.61 Å². The molecule has 0 saturated heterocycles. The molecule has 2 aliphatic rings. The van der Waals surface area contributed by atoms with Crippen LogP contribution in [0.1, 0.15) is 30.4 Å². The van der Waals surface area contributed by atoms with E-state index in [1.807, 2.05) is 24.3 Å². The average molecular weight is 424 g/mol. The molecule has 2 aromatic carbocycles. The van der Waals surface area contributed by atoms with E-state index >= 15 is 0 Å². The lowest BCUT2D eigenvalue weighted by atomic mass is 9.98. The molecule has 0 aliphatic heterocycles. The zero-order chi connectivity index (χ0) is 22.0. The van der Waals surface area contributed by atoms with Crippen LogP contribution in [0.25, 0.3) is 11.1 Å². The van der Waals surface area contributed by atoms with Crippen molar-refractivity contribution >= 4 is 18.0 Å². The SMILES string of the molecule is CC(ONC(=O)C1CC1CNC(=O)OCC1c2ccccc2-c2ccccc21)C(=O)O. The molecule has 0 aromatic heterocycles. The Morgan fingerprint density at radius 1 is 1.06 bits per heavy atom. The average Bonchev–Trinajstić information content (AvgIpc) is 3.49. The van der Waals surface area contributed by atoms with E-state index in [1.54, 1.807) is 0 Å². The van der Waals surface area contributed by atoms with E-state index in [4.69, 9.17) is 14.7 Å². The Hall–Kier alpha value is -3.39. The first kappa shape index (κ1) is 20.9. The molecule has 0 heterocycles. The van der Waals surface area contributed by atoms with Crippen LogP contribution in [0.2, 0.25) is 0 Å². The fourth-order valence-electron chi connectivity index (χ4n) is 3.93. The first-order valence-electron chi connectivity index (χ1n) is 10.2. The second-order valence-electron chi connectivity index (χ2n) is 7.87. The Morgan fingerprint density at radius 3 is 2.29 bits per heavy atom. The third kappa shape index (κ3) is 4.54. The lowest BCUT2D eigenvalue weighted by Crippen LogP contribution is -2.34. The van der Waals surface area contributed by atoms with Crippen molar-refractivity contribution in [3.63, 3.8) is 0 Å². The Kier molecular flexibility index (Phi) is 5.90. The first-order chi connectivity index (χ1) is 15.0. The number of hydrogen-bond donors (Lipinski definition) is 3. The van der Waals surface area contributed by atoms with Crippen LogP contribution in [0, 0.1) is 11.8 Å². The molecule has 3 unspecified atom stereocenters. The molecule has 3 atom stereocenters. The van der Waals surface area contributed by atoms with Gasteiger partial charge in [-0.1, -0.05) is 48.5 Å². The van der Waals surface area contributed by atoms with Crippen molar-refractivity contribution in [1.29, 1.82) is 0 Å². The summed E-state index contributed by atoms with van der Waals surface area (Å²) in [6.45, 7) is 1.87. The number of fused-ring (bicyclic) bond motifs is 3. The zero-order valence-corrected chi connectivity index (χ0v) is 17.0. The molecular weight excluding hydrogens is 400 g/mol. The van der Waals surface area contributed by atoms with E-state index in [9.17, 15) is 14.4 Å². The van der Waals surface area contributed by atoms with Crippen LogP contribution in [0.3, 0.4) is 0 Å². The summed E-state index contributed by atoms with van der Waals surface area (Å²) in [5, 5.41) is 11.5. The van der Waals surface area contributed by atoms with Crippen LogP contribution >= 0.6 is 0 Å². The van der Waals surface area contributed by atoms with Crippen molar-refractivity contribution in [2.75, 3.05) is 13.2 Å². The van der Waals surface area contributed by atoms with E-state index < -0.39 is 18.2 Å². The van der Waals surface area contributed by atoms with E-state index in [1.165, 1.54) is 18.1 Å². The largest absolute Gasteiger partial charge is 0.479 e. The van der Waals surface area contributed by atoms with Gasteiger partial charge in [-0.2, -0.15) is 0 Å². The number of carboxylic acids is 1. The predicted octanol–water partition coefficient (Wildman–Crippen LogP) is 2.68. The number of carbonyl (C=O) groups excluding carboxylic acids is 2. The highest BCUT2D eigenvalue weighted by Crippen LogP contribution is 2.44. The van der Waals surface area contributed by atoms with Crippen LogP contribution in [-0.2, 0) is 19.2 Å². The maximum absolute atomic E-state index is 12.2. The smallest absolute Gasteiger partial charge is 0.407 e. The van der Waals surface area contributed by atoms with Crippen LogP contribution in [0.5, 0.6) is 0 Å². The van der Waals surface area contributed by atoms with Gasteiger partial charge in [-0.15, -0.1) is 0 Å². The van der Waals surface area contributed by atoms with E-state index in [0.717, 1.165) is 11.1 Å². The number of carboxylic acid groups (broad SMARTS) is 1. The molecule has 31 heavy (non-hydrogen) atoms. The summed E-state index contributed by atoms with van der Waals surface area (Å²) < 4.78 is 5.48. The number of aliphatic carboxylic acids is 1. The second kappa shape index (κ2) is 8.77. The number of amides is 2. The molecule has 0 bridgehead atoms. The van der Waals surface area contributed by atoms with Gasteiger partial charge in [-0.25, -0.2) is 15.1 Å². The number of rotatable bonds is 8. The predicted molar refractivity (Wildman–Crippen MR) is 111 cm³/mol. The molecule has 0 radical (unpaired) electrons. The molecule has 1 fully saturated rings. The molecule has 8 nitrogen and oxygen atoms in total. The summed E-state index contributed by atoms with van der Waals surface area (Å²) in [6.07, 6.45) is -1.05. The highest BCUT2D eigenvalue weighted by atomic mass is 16.7. The number of ether oxygens (including phenoxy) is 1. The van der Waals surface area contributed by atoms with Gasteiger partial charge in [0.15, 0.2) is 6.10 Å². The molecule has 2 amide bonds. The van der Waals surface area contributed by atoms with E-state index in [0.29, 0.717) is 13.0 Å². The minimum Gasteiger partial charge on any atom is -0.479 e. The van der Waals surface area contributed by atoms with Crippen molar-refractivity contribution in [3.05, 3.63) is 59.7 Å². The van der Waals surface area contributed by atoms with Gasteiger partial charge in [0.05, 0.1) is 0 Å².